The first-order valence-electron chi connectivity index (χ1n) is 11.6. The molecular weight excluding hydrogens is 591 g/mol. The van der Waals surface area contributed by atoms with Crippen LogP contribution in [-0.2, 0) is 21.7 Å². The molecule has 3 nitrogen and oxygen atoms in total. The monoisotopic (exact) mass is 622 g/mol. The van der Waals surface area contributed by atoms with Crippen molar-refractivity contribution in [2.45, 2.75) is 27.7 Å². The van der Waals surface area contributed by atoms with E-state index in [0.717, 1.165) is 17.2 Å². The van der Waals surface area contributed by atoms with Crippen LogP contribution in [0.3, 0.4) is 0 Å². The zero-order valence-electron chi connectivity index (χ0n) is 22.8. The average molecular weight is 624 g/mol. The van der Waals surface area contributed by atoms with Crippen molar-refractivity contribution < 1.29 is 73.1 Å². The maximum atomic E-state index is 6.03. The van der Waals surface area contributed by atoms with Gasteiger partial charge in [-0.1, -0.05) is 82.3 Å². The van der Waals surface area contributed by atoms with E-state index in [1.807, 2.05) is 18.2 Å². The number of ether oxygens (including phenoxy) is 3. The second kappa shape index (κ2) is 15.1. The van der Waals surface area contributed by atoms with Gasteiger partial charge in [-0.15, -0.1) is 0 Å². The standard InChI is InChI=1S/C30H33O3Si.3ClH.Ti/c1-20-21(2)23(4)30(22(20)3)34(27-17-11-8-14-24(27)31-5,28-18-12-9-15-25(28)32-6)29-19-13-10-16-26(29)33-7;;;;/h8-19H,1-7H3;3*1H;/q-1;;;;+4/p-3. The summed E-state index contributed by atoms with van der Waals surface area (Å²) in [6.07, 6.45) is 0. The van der Waals surface area contributed by atoms with Gasteiger partial charge in [0.2, 0.25) is 0 Å². The Labute approximate surface area is 261 Å². The van der Waals surface area contributed by atoms with E-state index in [1.165, 1.54) is 43.0 Å². The van der Waals surface area contributed by atoms with Gasteiger partial charge < -0.3 is 51.4 Å². The zero-order valence-corrected chi connectivity index (χ0v) is 27.6. The SMILES string of the molecule is COc1ccccc1[Si](c1ccccc1OC)(c1ccccc1OC)c1c(C)c(C)c(C)[c-]1C.[Cl-].[Cl-].[Cl-].[Ti+4]. The van der Waals surface area contributed by atoms with Crippen LogP contribution in [0.25, 0.3) is 0 Å². The Morgan fingerprint density at radius 3 is 1.13 bits per heavy atom. The predicted octanol–water partition coefficient (Wildman–Crippen LogP) is -4.95. The Hall–Kier alpha value is -1.79. The Bertz CT molecular complexity index is 1200. The smallest absolute Gasteiger partial charge is 1.00 e. The predicted molar refractivity (Wildman–Crippen MR) is 144 cm³/mol. The van der Waals surface area contributed by atoms with Crippen LogP contribution in [0.4, 0.5) is 0 Å². The van der Waals surface area contributed by atoms with Crippen molar-refractivity contribution in [1.82, 2.24) is 0 Å². The molecule has 0 saturated carbocycles. The van der Waals surface area contributed by atoms with E-state index < -0.39 is 8.07 Å². The summed E-state index contributed by atoms with van der Waals surface area (Å²) in [5.41, 5.74) is 5.32. The van der Waals surface area contributed by atoms with E-state index in [9.17, 15) is 0 Å². The first-order chi connectivity index (χ1) is 16.4. The number of benzene rings is 3. The van der Waals surface area contributed by atoms with Crippen molar-refractivity contribution >= 4 is 28.8 Å². The molecule has 0 aliphatic heterocycles. The largest absolute Gasteiger partial charge is 4.00 e. The quantitative estimate of drug-likeness (QED) is 0.117. The van der Waals surface area contributed by atoms with E-state index in [0.29, 0.717) is 0 Å². The molecule has 4 rings (SSSR count). The van der Waals surface area contributed by atoms with Crippen LogP contribution < -0.4 is 72.2 Å². The van der Waals surface area contributed by atoms with Crippen LogP contribution in [0, 0.1) is 27.7 Å². The normalized spacial score (nSPS) is 10.2. The summed E-state index contributed by atoms with van der Waals surface area (Å²) < 4.78 is 18.1. The third kappa shape index (κ3) is 5.72. The molecule has 0 aromatic heterocycles. The molecule has 0 fully saturated rings. The molecule has 0 bridgehead atoms. The van der Waals surface area contributed by atoms with Crippen molar-refractivity contribution in [3.8, 4) is 17.2 Å². The molecule has 0 spiro atoms. The summed E-state index contributed by atoms with van der Waals surface area (Å²) in [7, 11) is 2.29. The fourth-order valence-electron chi connectivity index (χ4n) is 5.48. The number of halogens is 3. The van der Waals surface area contributed by atoms with Crippen LogP contribution in [-0.4, -0.2) is 29.4 Å². The maximum absolute atomic E-state index is 6.03. The van der Waals surface area contributed by atoms with Crippen LogP contribution in [0.1, 0.15) is 22.3 Å². The van der Waals surface area contributed by atoms with Gasteiger partial charge in [0, 0.05) is 0 Å². The zero-order chi connectivity index (χ0) is 24.5. The Morgan fingerprint density at radius 2 is 0.868 bits per heavy atom. The summed E-state index contributed by atoms with van der Waals surface area (Å²) in [6.45, 7) is 8.97. The average Bonchev–Trinajstić information content (AvgIpc) is 3.08. The molecule has 0 heterocycles. The minimum Gasteiger partial charge on any atom is -1.00 e. The molecule has 0 aliphatic rings. The summed E-state index contributed by atoms with van der Waals surface area (Å²) in [5.74, 6) is 2.63. The van der Waals surface area contributed by atoms with Gasteiger partial charge in [0.1, 0.15) is 17.2 Å². The third-order valence-electron chi connectivity index (χ3n) is 7.35. The molecule has 0 aliphatic carbocycles. The Kier molecular flexibility index (Phi) is 14.4. The van der Waals surface area contributed by atoms with Crippen LogP contribution in [0.5, 0.6) is 17.2 Å². The summed E-state index contributed by atoms with van der Waals surface area (Å²) in [5, 5.41) is 4.93. The second-order valence-electron chi connectivity index (χ2n) is 8.73. The first kappa shape index (κ1) is 36.2. The van der Waals surface area contributed by atoms with Gasteiger partial charge in [-0.25, -0.2) is 0 Å². The van der Waals surface area contributed by atoms with Gasteiger partial charge in [-0.05, 0) is 33.8 Å². The molecule has 0 amide bonds. The molecule has 0 radical (unpaired) electrons. The van der Waals surface area contributed by atoms with E-state index in [1.54, 1.807) is 21.3 Å². The molecule has 0 N–H and O–H groups in total. The molecule has 200 valence electrons. The second-order valence-corrected chi connectivity index (χ2v) is 12.3. The summed E-state index contributed by atoms with van der Waals surface area (Å²) >= 11 is 0. The van der Waals surface area contributed by atoms with E-state index in [-0.39, 0.29) is 58.9 Å². The number of rotatable bonds is 7. The molecule has 0 unspecified atom stereocenters. The molecular formula is C30H33Cl3O3SiTi. The van der Waals surface area contributed by atoms with Crippen molar-refractivity contribution in [3.63, 3.8) is 0 Å². The van der Waals surface area contributed by atoms with Gasteiger partial charge in [0.05, 0.1) is 21.3 Å². The molecule has 8 heteroatoms. The maximum Gasteiger partial charge on any atom is 4.00 e. The van der Waals surface area contributed by atoms with Gasteiger partial charge >= 0.3 is 21.7 Å². The van der Waals surface area contributed by atoms with Crippen molar-refractivity contribution in [3.05, 3.63) is 95.1 Å². The molecule has 0 atom stereocenters. The van der Waals surface area contributed by atoms with Crippen LogP contribution in [0.15, 0.2) is 72.8 Å². The molecule has 0 saturated heterocycles. The Balaban J connectivity index is 0.00000342. The minimum absolute atomic E-state index is 0. The fourth-order valence-corrected chi connectivity index (χ4v) is 11.4. The van der Waals surface area contributed by atoms with Gasteiger partial charge in [-0.3, -0.25) is 0 Å². The fraction of sp³-hybridized carbons (Fsp3) is 0.233. The molecule has 4 aromatic carbocycles. The van der Waals surface area contributed by atoms with Gasteiger partial charge in [0.25, 0.3) is 0 Å². The topological polar surface area (TPSA) is 27.7 Å². The van der Waals surface area contributed by atoms with Crippen LogP contribution in [0.2, 0.25) is 0 Å². The van der Waals surface area contributed by atoms with Crippen molar-refractivity contribution in [1.29, 1.82) is 0 Å². The minimum atomic E-state index is -2.97. The molecule has 4 aromatic rings. The van der Waals surface area contributed by atoms with Crippen LogP contribution >= 0.6 is 0 Å². The van der Waals surface area contributed by atoms with Gasteiger partial charge in [0.15, 0.2) is 8.07 Å². The number of hydrogen-bond donors (Lipinski definition) is 0. The van der Waals surface area contributed by atoms with Crippen molar-refractivity contribution in [2.24, 2.45) is 0 Å². The third-order valence-corrected chi connectivity index (χ3v) is 12.5. The van der Waals surface area contributed by atoms with E-state index in [2.05, 4.69) is 82.3 Å². The summed E-state index contributed by atoms with van der Waals surface area (Å²) in [4.78, 5) is 0. The van der Waals surface area contributed by atoms with E-state index >= 15 is 0 Å². The Morgan fingerprint density at radius 1 is 0.553 bits per heavy atom. The number of para-hydroxylation sites is 3. The van der Waals surface area contributed by atoms with Crippen molar-refractivity contribution in [2.75, 3.05) is 21.3 Å². The summed E-state index contributed by atoms with van der Waals surface area (Å²) in [6, 6.07) is 25.3. The van der Waals surface area contributed by atoms with Gasteiger partial charge in [-0.2, -0.15) is 27.4 Å². The first-order valence-corrected chi connectivity index (χ1v) is 13.6. The number of hydrogen-bond acceptors (Lipinski definition) is 3. The van der Waals surface area contributed by atoms with E-state index in [4.69, 9.17) is 14.2 Å². The number of methoxy groups -OCH3 is 3. The molecule has 38 heavy (non-hydrogen) atoms.